The molecule has 1 aromatic rings. The number of nitrogens with zero attached hydrogens (tertiary/aromatic N) is 2. The lowest BCUT2D eigenvalue weighted by molar-refractivity contribution is 0.406. The van der Waals surface area contributed by atoms with Crippen LogP contribution in [0.15, 0.2) is 6.20 Å². The van der Waals surface area contributed by atoms with E-state index in [0.717, 1.165) is 11.9 Å². The standard InChI is InChI=1S/C10H17BrN2S/c1-10(2,7-11)9-12-5-8(14-9)6-13(3)4/h5H,6-7H2,1-4H3. The summed E-state index contributed by atoms with van der Waals surface area (Å²) in [6.45, 7) is 5.40. The molecule has 1 aromatic heterocycles. The van der Waals surface area contributed by atoms with Crippen molar-refractivity contribution in [1.82, 2.24) is 9.88 Å². The van der Waals surface area contributed by atoms with Crippen molar-refractivity contribution >= 4 is 27.3 Å². The maximum Gasteiger partial charge on any atom is 0.0992 e. The minimum absolute atomic E-state index is 0.148. The molecule has 80 valence electrons. The van der Waals surface area contributed by atoms with Gasteiger partial charge in [-0.1, -0.05) is 29.8 Å². The minimum Gasteiger partial charge on any atom is -0.304 e. The number of hydrogen-bond acceptors (Lipinski definition) is 3. The number of alkyl halides is 1. The lowest BCUT2D eigenvalue weighted by atomic mass is 9.98. The van der Waals surface area contributed by atoms with Crippen molar-refractivity contribution in [2.24, 2.45) is 0 Å². The highest BCUT2D eigenvalue weighted by Crippen LogP contribution is 2.29. The average Bonchev–Trinajstić information content (AvgIpc) is 2.52. The zero-order valence-corrected chi connectivity index (χ0v) is 11.6. The van der Waals surface area contributed by atoms with Crippen LogP contribution in [0.25, 0.3) is 0 Å². The molecule has 0 amide bonds. The molecular formula is C10H17BrN2S. The molecule has 0 aliphatic carbocycles. The Balaban J connectivity index is 2.77. The first-order chi connectivity index (χ1) is 6.45. The van der Waals surface area contributed by atoms with E-state index in [9.17, 15) is 0 Å². The minimum atomic E-state index is 0.148. The second-order valence-electron chi connectivity index (χ2n) is 4.39. The predicted molar refractivity (Wildman–Crippen MR) is 66.3 cm³/mol. The van der Waals surface area contributed by atoms with Crippen molar-refractivity contribution in [2.75, 3.05) is 19.4 Å². The first-order valence-corrected chi connectivity index (χ1v) is 6.55. The van der Waals surface area contributed by atoms with Gasteiger partial charge in [-0.15, -0.1) is 11.3 Å². The molecule has 0 aromatic carbocycles. The Bertz CT molecular complexity index is 294. The van der Waals surface area contributed by atoms with E-state index in [1.165, 1.54) is 9.88 Å². The van der Waals surface area contributed by atoms with Gasteiger partial charge in [0.2, 0.25) is 0 Å². The maximum atomic E-state index is 4.47. The molecule has 0 unspecified atom stereocenters. The molecule has 1 rings (SSSR count). The summed E-state index contributed by atoms with van der Waals surface area (Å²) >= 11 is 5.33. The van der Waals surface area contributed by atoms with Crippen LogP contribution in [0, 0.1) is 0 Å². The maximum absolute atomic E-state index is 4.47. The second-order valence-corrected chi connectivity index (χ2v) is 6.06. The van der Waals surface area contributed by atoms with Gasteiger partial charge in [0.15, 0.2) is 0 Å². The summed E-state index contributed by atoms with van der Waals surface area (Å²) < 4.78 is 0. The molecule has 0 fully saturated rings. The molecule has 0 bridgehead atoms. The molecular weight excluding hydrogens is 260 g/mol. The fourth-order valence-electron chi connectivity index (χ4n) is 1.06. The van der Waals surface area contributed by atoms with E-state index in [-0.39, 0.29) is 5.41 Å². The van der Waals surface area contributed by atoms with Gasteiger partial charge in [0.25, 0.3) is 0 Å². The Hall–Kier alpha value is 0.0700. The Morgan fingerprint density at radius 2 is 2.14 bits per heavy atom. The summed E-state index contributed by atoms with van der Waals surface area (Å²) in [4.78, 5) is 7.97. The highest BCUT2D eigenvalue weighted by Gasteiger charge is 2.22. The summed E-state index contributed by atoms with van der Waals surface area (Å²) in [5.41, 5.74) is 0.148. The van der Waals surface area contributed by atoms with Crippen molar-refractivity contribution in [3.63, 3.8) is 0 Å². The van der Waals surface area contributed by atoms with Crippen molar-refractivity contribution in [3.8, 4) is 0 Å². The Morgan fingerprint density at radius 3 is 2.64 bits per heavy atom. The van der Waals surface area contributed by atoms with Gasteiger partial charge in [-0.25, -0.2) is 4.98 Å². The van der Waals surface area contributed by atoms with Gasteiger partial charge >= 0.3 is 0 Å². The third-order valence-electron chi connectivity index (χ3n) is 1.94. The molecule has 0 aliphatic rings. The first-order valence-electron chi connectivity index (χ1n) is 4.61. The fourth-order valence-corrected chi connectivity index (χ4v) is 2.64. The fraction of sp³-hybridized carbons (Fsp3) is 0.700. The van der Waals surface area contributed by atoms with E-state index in [1.807, 2.05) is 17.5 Å². The van der Waals surface area contributed by atoms with Crippen molar-refractivity contribution in [1.29, 1.82) is 0 Å². The van der Waals surface area contributed by atoms with Crippen LogP contribution in [0.2, 0.25) is 0 Å². The molecule has 0 spiro atoms. The molecule has 1 heterocycles. The van der Waals surface area contributed by atoms with Crippen LogP contribution in [0.5, 0.6) is 0 Å². The normalized spacial score (nSPS) is 12.4. The molecule has 14 heavy (non-hydrogen) atoms. The Labute approximate surface area is 98.5 Å². The summed E-state index contributed by atoms with van der Waals surface area (Å²) in [5.74, 6) is 0. The summed E-state index contributed by atoms with van der Waals surface area (Å²) in [5, 5.41) is 2.17. The number of hydrogen-bond donors (Lipinski definition) is 0. The monoisotopic (exact) mass is 276 g/mol. The zero-order valence-electron chi connectivity index (χ0n) is 9.17. The van der Waals surface area contributed by atoms with Crippen LogP contribution in [0.4, 0.5) is 0 Å². The van der Waals surface area contributed by atoms with Crippen molar-refractivity contribution in [3.05, 3.63) is 16.1 Å². The smallest absolute Gasteiger partial charge is 0.0992 e. The number of thiazole rings is 1. The second kappa shape index (κ2) is 4.73. The third kappa shape index (κ3) is 3.04. The van der Waals surface area contributed by atoms with E-state index < -0.39 is 0 Å². The lowest BCUT2D eigenvalue weighted by Gasteiger charge is -2.17. The molecule has 0 aliphatic heterocycles. The topological polar surface area (TPSA) is 16.1 Å². The van der Waals surface area contributed by atoms with Gasteiger partial charge < -0.3 is 4.90 Å². The van der Waals surface area contributed by atoms with E-state index >= 15 is 0 Å². The van der Waals surface area contributed by atoms with Crippen LogP contribution < -0.4 is 0 Å². The van der Waals surface area contributed by atoms with Gasteiger partial charge in [0.05, 0.1) is 5.01 Å². The quantitative estimate of drug-likeness (QED) is 0.787. The van der Waals surface area contributed by atoms with Gasteiger partial charge in [0.1, 0.15) is 0 Å². The van der Waals surface area contributed by atoms with Crippen LogP contribution in [-0.4, -0.2) is 29.3 Å². The van der Waals surface area contributed by atoms with Crippen LogP contribution in [0.3, 0.4) is 0 Å². The largest absolute Gasteiger partial charge is 0.304 e. The van der Waals surface area contributed by atoms with E-state index in [0.29, 0.717) is 0 Å². The van der Waals surface area contributed by atoms with E-state index in [4.69, 9.17) is 0 Å². The number of halogens is 1. The predicted octanol–water partition coefficient (Wildman–Crippen LogP) is 2.88. The molecule has 0 saturated heterocycles. The van der Waals surface area contributed by atoms with Crippen LogP contribution in [0.1, 0.15) is 23.7 Å². The molecule has 0 N–H and O–H groups in total. The van der Waals surface area contributed by atoms with Crippen molar-refractivity contribution in [2.45, 2.75) is 25.8 Å². The molecule has 0 atom stereocenters. The number of aromatic nitrogens is 1. The Morgan fingerprint density at radius 1 is 1.50 bits per heavy atom. The highest BCUT2D eigenvalue weighted by atomic mass is 79.9. The SMILES string of the molecule is CN(C)Cc1cnc(C(C)(C)CBr)s1. The number of rotatable bonds is 4. The average molecular weight is 277 g/mol. The molecule has 2 nitrogen and oxygen atoms in total. The van der Waals surface area contributed by atoms with Gasteiger partial charge in [-0.3, -0.25) is 0 Å². The van der Waals surface area contributed by atoms with Gasteiger partial charge in [-0.05, 0) is 14.1 Å². The highest BCUT2D eigenvalue weighted by molar-refractivity contribution is 9.09. The molecule has 4 heteroatoms. The molecule has 0 saturated carbocycles. The summed E-state index contributed by atoms with van der Waals surface area (Å²) in [6.07, 6.45) is 1.99. The van der Waals surface area contributed by atoms with E-state index in [2.05, 4.69) is 53.8 Å². The van der Waals surface area contributed by atoms with Crippen LogP contribution in [-0.2, 0) is 12.0 Å². The summed E-state index contributed by atoms with van der Waals surface area (Å²) in [7, 11) is 4.16. The van der Waals surface area contributed by atoms with Gasteiger partial charge in [-0.2, -0.15) is 0 Å². The third-order valence-corrected chi connectivity index (χ3v) is 4.69. The lowest BCUT2D eigenvalue weighted by Crippen LogP contribution is -2.18. The van der Waals surface area contributed by atoms with Crippen LogP contribution >= 0.6 is 27.3 Å². The van der Waals surface area contributed by atoms with Gasteiger partial charge in [0, 0.05) is 28.4 Å². The summed E-state index contributed by atoms with van der Waals surface area (Å²) in [6, 6.07) is 0. The zero-order chi connectivity index (χ0) is 10.8. The van der Waals surface area contributed by atoms with E-state index in [1.54, 1.807) is 0 Å². The van der Waals surface area contributed by atoms with Crippen molar-refractivity contribution < 1.29 is 0 Å². The first kappa shape index (κ1) is 12.1. The molecule has 0 radical (unpaired) electrons. The Kier molecular flexibility index (Phi) is 4.10.